The first-order chi connectivity index (χ1) is 21.2. The number of amides is 1. The van der Waals surface area contributed by atoms with E-state index in [1.54, 1.807) is 23.2 Å². The quantitative estimate of drug-likeness (QED) is 0.337. The van der Waals surface area contributed by atoms with Crippen LogP contribution in [0.4, 0.5) is 5.69 Å². The lowest BCUT2D eigenvalue weighted by Gasteiger charge is -2.34. The molecule has 2 aliphatic rings. The molecule has 1 amide bonds. The van der Waals surface area contributed by atoms with Crippen molar-refractivity contribution in [2.24, 2.45) is 14.1 Å². The van der Waals surface area contributed by atoms with Crippen molar-refractivity contribution in [2.45, 2.75) is 25.8 Å². The summed E-state index contributed by atoms with van der Waals surface area (Å²) in [5, 5.41) is 6.33. The van der Waals surface area contributed by atoms with E-state index in [0.717, 1.165) is 57.7 Å². The van der Waals surface area contributed by atoms with Crippen LogP contribution in [0.5, 0.6) is 0 Å². The molecule has 6 rings (SSSR count). The van der Waals surface area contributed by atoms with E-state index < -0.39 is 0 Å². The SMILES string of the molecule is Cc1c(-c2cc(NC3=CC=C(C4C(=O)NCCN4C)CC3)c(=O)n(C)c2)cccc1-c1ccc(-c2ccccc2)n(C)c1=O. The van der Waals surface area contributed by atoms with Crippen LogP contribution in [-0.2, 0) is 18.9 Å². The first-order valence-corrected chi connectivity index (χ1v) is 14.9. The molecule has 2 N–H and O–H groups in total. The molecule has 1 aliphatic carbocycles. The Hall–Kier alpha value is -4.95. The van der Waals surface area contributed by atoms with Crippen LogP contribution in [0.3, 0.4) is 0 Å². The summed E-state index contributed by atoms with van der Waals surface area (Å²) < 4.78 is 3.28. The van der Waals surface area contributed by atoms with E-state index in [9.17, 15) is 14.4 Å². The second-order valence-corrected chi connectivity index (χ2v) is 11.6. The Kier molecular flexibility index (Phi) is 7.93. The normalized spacial score (nSPS) is 17.1. The summed E-state index contributed by atoms with van der Waals surface area (Å²) in [6.45, 7) is 3.50. The van der Waals surface area contributed by atoms with Crippen LogP contribution in [0.2, 0.25) is 0 Å². The van der Waals surface area contributed by atoms with Crippen LogP contribution in [0.25, 0.3) is 33.5 Å². The van der Waals surface area contributed by atoms with Crippen molar-refractivity contribution in [1.29, 1.82) is 0 Å². The van der Waals surface area contributed by atoms with Gasteiger partial charge in [0.25, 0.3) is 11.1 Å². The van der Waals surface area contributed by atoms with Gasteiger partial charge in [0.05, 0.1) is 5.69 Å². The number of anilines is 1. The second-order valence-electron chi connectivity index (χ2n) is 11.6. The Morgan fingerprint density at radius 1 is 0.795 bits per heavy atom. The Morgan fingerprint density at radius 3 is 2.30 bits per heavy atom. The molecule has 4 aromatic rings. The molecule has 1 unspecified atom stereocenters. The Bertz CT molecular complexity index is 1930. The lowest BCUT2D eigenvalue weighted by molar-refractivity contribution is -0.126. The summed E-state index contributed by atoms with van der Waals surface area (Å²) in [6.07, 6.45) is 7.25. The summed E-state index contributed by atoms with van der Waals surface area (Å²) in [7, 11) is 5.53. The molecule has 8 heteroatoms. The highest BCUT2D eigenvalue weighted by Crippen LogP contribution is 2.32. The van der Waals surface area contributed by atoms with Crippen molar-refractivity contribution in [3.05, 3.63) is 123 Å². The van der Waals surface area contributed by atoms with E-state index in [-0.39, 0.29) is 23.1 Å². The summed E-state index contributed by atoms with van der Waals surface area (Å²) in [5.74, 6) is 0.0407. The van der Waals surface area contributed by atoms with Gasteiger partial charge in [-0.3, -0.25) is 19.3 Å². The van der Waals surface area contributed by atoms with E-state index >= 15 is 0 Å². The van der Waals surface area contributed by atoms with Gasteiger partial charge in [-0.15, -0.1) is 0 Å². The molecule has 1 atom stereocenters. The zero-order valence-corrected chi connectivity index (χ0v) is 25.6. The maximum atomic E-state index is 13.6. The number of allylic oxidation sites excluding steroid dienone is 3. The summed E-state index contributed by atoms with van der Waals surface area (Å²) >= 11 is 0. The third-order valence-electron chi connectivity index (χ3n) is 8.77. The molecule has 2 aromatic carbocycles. The Morgan fingerprint density at radius 2 is 1.57 bits per heavy atom. The molecule has 0 radical (unpaired) electrons. The molecular formula is C36H37N5O3. The number of nitrogens with zero attached hydrogens (tertiary/aromatic N) is 3. The van der Waals surface area contributed by atoms with Gasteiger partial charge in [-0.2, -0.15) is 0 Å². The van der Waals surface area contributed by atoms with Gasteiger partial charge in [-0.1, -0.05) is 54.6 Å². The molecule has 0 bridgehead atoms. The third-order valence-corrected chi connectivity index (χ3v) is 8.77. The zero-order chi connectivity index (χ0) is 31.0. The van der Waals surface area contributed by atoms with Gasteiger partial charge in [0.15, 0.2) is 0 Å². The number of piperazine rings is 1. The number of carbonyl (C=O) groups excluding carboxylic acids is 1. The van der Waals surface area contributed by atoms with E-state index in [1.807, 2.05) is 99.1 Å². The standard InChI is InChI=1S/C36H37N5O3/c1-23-28(11-8-12-29(23)30-17-18-32(41(4)35(30)43)24-9-6-5-7-10-24)26-21-31(36(44)40(3)22-26)38-27-15-13-25(14-16-27)33-34(42)37-19-20-39(33)2/h5-13,15,17-18,21-22,33,38H,14,16,19-20H2,1-4H3,(H,37,42). The fourth-order valence-electron chi connectivity index (χ4n) is 6.32. The molecular weight excluding hydrogens is 550 g/mol. The first-order valence-electron chi connectivity index (χ1n) is 14.9. The average Bonchev–Trinajstić information content (AvgIpc) is 3.02. The molecule has 1 aliphatic heterocycles. The van der Waals surface area contributed by atoms with Gasteiger partial charge in [-0.05, 0) is 78.9 Å². The Labute approximate surface area is 257 Å². The van der Waals surface area contributed by atoms with Gasteiger partial charge in [0, 0.05) is 50.2 Å². The van der Waals surface area contributed by atoms with Crippen LogP contribution in [-0.4, -0.2) is 46.1 Å². The number of likely N-dealkylation sites (N-methyl/N-ethyl adjacent to an activating group) is 1. The minimum absolute atomic E-state index is 0.0407. The van der Waals surface area contributed by atoms with E-state index in [1.165, 1.54) is 0 Å². The lowest BCUT2D eigenvalue weighted by atomic mass is 9.93. The third kappa shape index (κ3) is 5.44. The fourth-order valence-corrected chi connectivity index (χ4v) is 6.32. The van der Waals surface area contributed by atoms with Crippen molar-refractivity contribution < 1.29 is 4.79 Å². The zero-order valence-electron chi connectivity index (χ0n) is 25.6. The number of hydrogen-bond acceptors (Lipinski definition) is 5. The number of aryl methyl sites for hydroxylation is 1. The minimum atomic E-state index is -0.251. The van der Waals surface area contributed by atoms with Crippen molar-refractivity contribution in [3.8, 4) is 33.5 Å². The van der Waals surface area contributed by atoms with Crippen molar-refractivity contribution in [1.82, 2.24) is 19.4 Å². The van der Waals surface area contributed by atoms with Gasteiger partial charge < -0.3 is 19.8 Å². The lowest BCUT2D eigenvalue weighted by Crippen LogP contribution is -2.54. The van der Waals surface area contributed by atoms with E-state index in [2.05, 4.69) is 15.5 Å². The highest BCUT2D eigenvalue weighted by molar-refractivity contribution is 5.86. The molecule has 3 heterocycles. The monoisotopic (exact) mass is 587 g/mol. The predicted octanol–water partition coefficient (Wildman–Crippen LogP) is 4.84. The average molecular weight is 588 g/mol. The highest BCUT2D eigenvalue weighted by Gasteiger charge is 2.30. The molecule has 224 valence electrons. The van der Waals surface area contributed by atoms with E-state index in [4.69, 9.17) is 0 Å². The molecule has 1 fully saturated rings. The minimum Gasteiger partial charge on any atom is -0.354 e. The number of rotatable bonds is 6. The molecule has 1 saturated heterocycles. The molecule has 8 nitrogen and oxygen atoms in total. The fraction of sp³-hybridized carbons (Fsp3) is 0.250. The maximum Gasteiger partial charge on any atom is 0.273 e. The van der Waals surface area contributed by atoms with Crippen molar-refractivity contribution in [3.63, 3.8) is 0 Å². The van der Waals surface area contributed by atoms with E-state index in [0.29, 0.717) is 24.2 Å². The summed E-state index contributed by atoms with van der Waals surface area (Å²) in [6, 6.07) is 21.4. The molecule has 0 saturated carbocycles. The topological polar surface area (TPSA) is 88.4 Å². The predicted molar refractivity (Wildman–Crippen MR) is 176 cm³/mol. The van der Waals surface area contributed by atoms with Crippen LogP contribution >= 0.6 is 0 Å². The van der Waals surface area contributed by atoms with Gasteiger partial charge >= 0.3 is 0 Å². The first kappa shape index (κ1) is 29.1. The molecule has 2 aromatic heterocycles. The number of nitrogens with one attached hydrogen (secondary N) is 2. The number of hydrogen-bond donors (Lipinski definition) is 2. The van der Waals surface area contributed by atoms with Crippen LogP contribution in [0.1, 0.15) is 18.4 Å². The highest BCUT2D eigenvalue weighted by atomic mass is 16.2. The Balaban J connectivity index is 1.32. The number of aromatic nitrogens is 2. The van der Waals surface area contributed by atoms with Gasteiger partial charge in [0.1, 0.15) is 11.7 Å². The molecule has 44 heavy (non-hydrogen) atoms. The largest absolute Gasteiger partial charge is 0.354 e. The number of carbonyl (C=O) groups is 1. The number of benzene rings is 2. The summed E-state index contributed by atoms with van der Waals surface area (Å²) in [4.78, 5) is 41.3. The number of pyridine rings is 2. The van der Waals surface area contributed by atoms with Crippen LogP contribution < -0.4 is 21.8 Å². The van der Waals surface area contributed by atoms with Gasteiger partial charge in [-0.25, -0.2) is 0 Å². The maximum absolute atomic E-state index is 13.6. The molecule has 0 spiro atoms. The summed E-state index contributed by atoms with van der Waals surface area (Å²) in [5.41, 5.74) is 8.39. The van der Waals surface area contributed by atoms with Crippen molar-refractivity contribution in [2.75, 3.05) is 25.5 Å². The van der Waals surface area contributed by atoms with Gasteiger partial charge in [0.2, 0.25) is 5.91 Å². The van der Waals surface area contributed by atoms with Crippen molar-refractivity contribution >= 4 is 11.6 Å². The van der Waals surface area contributed by atoms with Crippen LogP contribution in [0, 0.1) is 6.92 Å². The second kappa shape index (κ2) is 12.0. The van der Waals surface area contributed by atoms with Crippen LogP contribution in [0.15, 0.2) is 106 Å². The smallest absolute Gasteiger partial charge is 0.273 e.